The molecule has 0 heterocycles. The largest absolute Gasteiger partial charge is 0.444 e. The molecule has 0 aromatic heterocycles. The maximum atomic E-state index is 13.8. The topological polar surface area (TPSA) is 87.7 Å². The molecule has 3 amide bonds. The molecule has 1 saturated carbocycles. The van der Waals surface area contributed by atoms with Crippen LogP contribution >= 0.6 is 0 Å². The zero-order valence-electron chi connectivity index (χ0n) is 22.2. The second kappa shape index (κ2) is 12.1. The van der Waals surface area contributed by atoms with Gasteiger partial charge >= 0.3 is 6.09 Å². The number of carbonyl (C=O) groups excluding carboxylic acids is 3. The number of nitrogens with zero attached hydrogens (tertiary/aromatic N) is 1. The molecule has 0 saturated heterocycles. The van der Waals surface area contributed by atoms with Crippen LogP contribution in [0, 0.1) is 32.2 Å². The Balaban J connectivity index is 2.44. The van der Waals surface area contributed by atoms with E-state index in [1.807, 2.05) is 45.9 Å². The van der Waals surface area contributed by atoms with E-state index in [-0.39, 0.29) is 17.9 Å². The molecule has 7 nitrogen and oxygen atoms in total. The van der Waals surface area contributed by atoms with Gasteiger partial charge in [-0.2, -0.15) is 0 Å². The molecule has 2 unspecified atom stereocenters. The van der Waals surface area contributed by atoms with Crippen LogP contribution in [0.2, 0.25) is 0 Å². The van der Waals surface area contributed by atoms with Crippen LogP contribution < -0.4 is 10.6 Å². The Morgan fingerprint density at radius 3 is 2.14 bits per heavy atom. The van der Waals surface area contributed by atoms with Crippen molar-refractivity contribution in [2.75, 3.05) is 0 Å². The molecule has 1 aromatic rings. The minimum Gasteiger partial charge on any atom is -0.444 e. The lowest BCUT2D eigenvalue weighted by Crippen LogP contribution is -2.54. The van der Waals surface area contributed by atoms with Gasteiger partial charge in [0.15, 0.2) is 0 Å². The summed E-state index contributed by atoms with van der Waals surface area (Å²) in [6.07, 6.45) is 10.3. The van der Waals surface area contributed by atoms with Crippen LogP contribution in [-0.4, -0.2) is 40.5 Å². The Morgan fingerprint density at radius 2 is 1.66 bits per heavy atom. The summed E-state index contributed by atoms with van der Waals surface area (Å²) < 4.78 is 5.36. The van der Waals surface area contributed by atoms with Crippen molar-refractivity contribution in [2.45, 2.75) is 104 Å². The third-order valence-electron chi connectivity index (χ3n) is 6.26. The Labute approximate surface area is 210 Å². The van der Waals surface area contributed by atoms with Gasteiger partial charge < -0.3 is 15.4 Å². The highest BCUT2D eigenvalue weighted by Gasteiger charge is 2.38. The molecule has 7 heteroatoms. The minimum absolute atomic E-state index is 0.0542. The first-order valence-corrected chi connectivity index (χ1v) is 12.5. The van der Waals surface area contributed by atoms with Crippen molar-refractivity contribution < 1.29 is 19.1 Å². The van der Waals surface area contributed by atoms with Crippen LogP contribution in [0.5, 0.6) is 0 Å². The van der Waals surface area contributed by atoms with Gasteiger partial charge in [0, 0.05) is 12.1 Å². The highest BCUT2D eigenvalue weighted by Crippen LogP contribution is 2.29. The fourth-order valence-corrected chi connectivity index (χ4v) is 4.53. The molecule has 2 atom stereocenters. The van der Waals surface area contributed by atoms with Crippen molar-refractivity contribution in [1.82, 2.24) is 15.5 Å². The molecule has 2 N–H and O–H groups in total. The van der Waals surface area contributed by atoms with Gasteiger partial charge in [0.1, 0.15) is 17.7 Å². The van der Waals surface area contributed by atoms with E-state index < -0.39 is 29.7 Å². The van der Waals surface area contributed by atoms with E-state index in [2.05, 4.69) is 16.7 Å². The highest BCUT2D eigenvalue weighted by molar-refractivity contribution is 5.94. The van der Waals surface area contributed by atoms with Gasteiger partial charge in [0.25, 0.3) is 5.91 Å². The lowest BCUT2D eigenvalue weighted by molar-refractivity contribution is -0.139. The monoisotopic (exact) mass is 483 g/mol. The molecule has 0 aliphatic heterocycles. The predicted molar refractivity (Wildman–Crippen MR) is 137 cm³/mol. The Bertz CT molecular complexity index is 932. The van der Waals surface area contributed by atoms with E-state index in [4.69, 9.17) is 11.2 Å². The lowest BCUT2D eigenvalue weighted by Gasteiger charge is -2.34. The van der Waals surface area contributed by atoms with E-state index in [9.17, 15) is 14.4 Å². The van der Waals surface area contributed by atoms with Crippen LogP contribution in [0.3, 0.4) is 0 Å². The SMILES string of the molecule is C#CN(C(=O)C(NC(=O)OC(C)(C)C)C(C)C)C(C(=O)NC1CCCCC1)c1c(C)cccc1C. The molecule has 1 aliphatic rings. The second-order valence-corrected chi connectivity index (χ2v) is 10.8. The fourth-order valence-electron chi connectivity index (χ4n) is 4.53. The molecule has 0 radical (unpaired) electrons. The quantitative estimate of drug-likeness (QED) is 0.432. The number of rotatable bonds is 7. The molecule has 0 spiro atoms. The van der Waals surface area contributed by atoms with Crippen molar-refractivity contribution in [3.05, 3.63) is 34.9 Å². The van der Waals surface area contributed by atoms with E-state index in [0.29, 0.717) is 5.56 Å². The Morgan fingerprint density at radius 1 is 1.09 bits per heavy atom. The number of ether oxygens (including phenoxy) is 1. The van der Waals surface area contributed by atoms with Crippen molar-refractivity contribution >= 4 is 17.9 Å². The van der Waals surface area contributed by atoms with Crippen molar-refractivity contribution in [3.8, 4) is 12.5 Å². The van der Waals surface area contributed by atoms with E-state index in [0.717, 1.165) is 48.1 Å². The summed E-state index contributed by atoms with van der Waals surface area (Å²) in [5.41, 5.74) is 1.71. The van der Waals surface area contributed by atoms with E-state index in [1.54, 1.807) is 20.8 Å². The molecular weight excluding hydrogens is 442 g/mol. The molecule has 2 rings (SSSR count). The van der Waals surface area contributed by atoms with Gasteiger partial charge in [-0.1, -0.05) is 57.7 Å². The van der Waals surface area contributed by atoms with Gasteiger partial charge in [-0.3, -0.25) is 14.5 Å². The van der Waals surface area contributed by atoms with Crippen LogP contribution in [-0.2, 0) is 14.3 Å². The van der Waals surface area contributed by atoms with Crippen molar-refractivity contribution in [2.24, 2.45) is 5.92 Å². The fraction of sp³-hybridized carbons (Fsp3) is 0.607. The van der Waals surface area contributed by atoms with Gasteiger partial charge in [-0.05, 0) is 70.1 Å². The zero-order chi connectivity index (χ0) is 26.3. The van der Waals surface area contributed by atoms with Crippen molar-refractivity contribution in [3.63, 3.8) is 0 Å². The molecule has 0 bridgehead atoms. The number of amides is 3. The number of benzene rings is 1. The predicted octanol–water partition coefficient (Wildman–Crippen LogP) is 4.76. The standard InChI is InChI=1S/C28H41N3O4/c1-9-31(26(33)23(18(2)3)30-27(34)35-28(6,7)8)24(22-19(4)14-13-15-20(22)5)25(32)29-21-16-11-10-12-17-21/h1,13-15,18,21,23-24H,10-12,16-17H2,2-8H3,(H,29,32)(H,30,34). The number of nitrogens with one attached hydrogen (secondary N) is 2. The lowest BCUT2D eigenvalue weighted by atomic mass is 9.91. The van der Waals surface area contributed by atoms with Gasteiger partial charge in [0.2, 0.25) is 5.91 Å². The normalized spacial score (nSPS) is 16.1. The zero-order valence-corrected chi connectivity index (χ0v) is 22.2. The molecule has 1 aromatic carbocycles. The summed E-state index contributed by atoms with van der Waals surface area (Å²) in [5.74, 6) is -1.12. The third-order valence-corrected chi connectivity index (χ3v) is 6.26. The summed E-state index contributed by atoms with van der Waals surface area (Å²) in [4.78, 5) is 41.1. The van der Waals surface area contributed by atoms with Gasteiger partial charge in [-0.25, -0.2) is 4.79 Å². The smallest absolute Gasteiger partial charge is 0.408 e. The third kappa shape index (κ3) is 7.74. The Hall–Kier alpha value is -3.01. The molecule has 1 fully saturated rings. The average molecular weight is 484 g/mol. The Kier molecular flexibility index (Phi) is 9.76. The van der Waals surface area contributed by atoms with Crippen LogP contribution in [0.25, 0.3) is 0 Å². The number of terminal acetylenes is 1. The number of hydrogen-bond donors (Lipinski definition) is 2. The number of aryl methyl sites for hydroxylation is 2. The second-order valence-electron chi connectivity index (χ2n) is 10.8. The molecular formula is C28H41N3O4. The summed E-state index contributed by atoms with van der Waals surface area (Å²) in [5, 5.41) is 5.80. The molecule has 35 heavy (non-hydrogen) atoms. The van der Waals surface area contributed by atoms with Crippen LogP contribution in [0.15, 0.2) is 18.2 Å². The highest BCUT2D eigenvalue weighted by atomic mass is 16.6. The summed E-state index contributed by atoms with van der Waals surface area (Å²) >= 11 is 0. The first-order valence-electron chi connectivity index (χ1n) is 12.5. The number of carbonyl (C=O) groups is 3. The summed E-state index contributed by atoms with van der Waals surface area (Å²) in [6, 6.07) is 6.25. The maximum Gasteiger partial charge on any atom is 0.408 e. The first-order chi connectivity index (χ1) is 16.4. The van der Waals surface area contributed by atoms with Crippen LogP contribution in [0.4, 0.5) is 4.79 Å². The van der Waals surface area contributed by atoms with E-state index in [1.165, 1.54) is 0 Å². The summed E-state index contributed by atoms with van der Waals surface area (Å²) in [7, 11) is 0. The minimum atomic E-state index is -1.02. The van der Waals surface area contributed by atoms with Gasteiger partial charge in [-0.15, -0.1) is 0 Å². The first kappa shape index (κ1) is 28.2. The molecule has 1 aliphatic carbocycles. The summed E-state index contributed by atoms with van der Waals surface area (Å²) in [6.45, 7) is 12.7. The number of hydrogen-bond acceptors (Lipinski definition) is 4. The number of alkyl carbamates (subject to hydrolysis) is 1. The molecule has 192 valence electrons. The maximum absolute atomic E-state index is 13.8. The van der Waals surface area contributed by atoms with Crippen LogP contribution in [0.1, 0.15) is 89.5 Å². The van der Waals surface area contributed by atoms with Gasteiger partial charge in [0.05, 0.1) is 0 Å². The van der Waals surface area contributed by atoms with E-state index >= 15 is 0 Å². The average Bonchev–Trinajstić information content (AvgIpc) is 2.75. The van der Waals surface area contributed by atoms with Crippen molar-refractivity contribution in [1.29, 1.82) is 0 Å².